The van der Waals surface area contributed by atoms with Gasteiger partial charge in [-0.1, -0.05) is 0 Å². The smallest absolute Gasteiger partial charge is 0.312 e. The van der Waals surface area contributed by atoms with Crippen LogP contribution in [0.3, 0.4) is 0 Å². The minimum absolute atomic E-state index is 0.0233. The summed E-state index contributed by atoms with van der Waals surface area (Å²) >= 11 is 3.08. The Labute approximate surface area is 94.0 Å². The Hall–Kier alpha value is -1.50. The summed E-state index contributed by atoms with van der Waals surface area (Å²) in [5.74, 6) is -0.0209. The third-order valence-electron chi connectivity index (χ3n) is 1.54. The van der Waals surface area contributed by atoms with E-state index in [1.165, 1.54) is 19.2 Å². The maximum absolute atomic E-state index is 10.7. The number of anilines is 1. The van der Waals surface area contributed by atoms with Crippen LogP contribution in [0.1, 0.15) is 6.92 Å². The SMILES string of the molecule is CC(=O)CNc1ncc(Br)cc1[N+](=O)[O-]. The van der Waals surface area contributed by atoms with Gasteiger partial charge in [-0.15, -0.1) is 0 Å². The van der Waals surface area contributed by atoms with Gasteiger partial charge in [0.05, 0.1) is 11.5 Å². The number of carbonyl (C=O) groups is 1. The first-order valence-corrected chi connectivity index (χ1v) is 4.83. The molecule has 0 bridgehead atoms. The normalized spacial score (nSPS) is 9.73. The monoisotopic (exact) mass is 273 g/mol. The number of nitrogens with zero attached hydrogens (tertiary/aromatic N) is 2. The number of hydrogen-bond donors (Lipinski definition) is 1. The molecule has 1 N–H and O–H groups in total. The second-order valence-corrected chi connectivity index (χ2v) is 3.75. The maximum atomic E-state index is 10.7. The molecule has 1 rings (SSSR count). The summed E-state index contributed by atoms with van der Waals surface area (Å²) in [7, 11) is 0. The summed E-state index contributed by atoms with van der Waals surface area (Å²) in [6.45, 7) is 1.41. The molecule has 0 aromatic carbocycles. The van der Waals surface area contributed by atoms with E-state index in [0.717, 1.165) is 0 Å². The Morgan fingerprint density at radius 2 is 2.40 bits per heavy atom. The van der Waals surface area contributed by atoms with Crippen LogP contribution >= 0.6 is 15.9 Å². The molecule has 0 atom stereocenters. The van der Waals surface area contributed by atoms with Crippen molar-refractivity contribution in [2.24, 2.45) is 0 Å². The van der Waals surface area contributed by atoms with Gasteiger partial charge in [0.2, 0.25) is 5.82 Å². The van der Waals surface area contributed by atoms with Gasteiger partial charge in [0, 0.05) is 16.7 Å². The van der Waals surface area contributed by atoms with Crippen molar-refractivity contribution in [3.8, 4) is 0 Å². The van der Waals surface area contributed by atoms with E-state index in [1.54, 1.807) is 0 Å². The van der Waals surface area contributed by atoms with Crippen molar-refractivity contribution in [1.29, 1.82) is 0 Å². The number of nitro groups is 1. The van der Waals surface area contributed by atoms with Gasteiger partial charge in [-0.25, -0.2) is 4.98 Å². The number of nitrogens with one attached hydrogen (secondary N) is 1. The zero-order valence-corrected chi connectivity index (χ0v) is 9.44. The number of pyridine rings is 1. The number of hydrogen-bond acceptors (Lipinski definition) is 5. The summed E-state index contributed by atoms with van der Waals surface area (Å²) in [6.07, 6.45) is 1.43. The highest BCUT2D eigenvalue weighted by Crippen LogP contribution is 2.24. The van der Waals surface area contributed by atoms with Crippen LogP contribution in [0.5, 0.6) is 0 Å². The first kappa shape index (κ1) is 11.6. The average molecular weight is 274 g/mol. The molecule has 80 valence electrons. The van der Waals surface area contributed by atoms with Gasteiger partial charge in [0.1, 0.15) is 5.78 Å². The maximum Gasteiger partial charge on any atom is 0.312 e. The van der Waals surface area contributed by atoms with Gasteiger partial charge in [-0.05, 0) is 22.9 Å². The number of aromatic nitrogens is 1. The molecule has 0 amide bonds. The first-order chi connectivity index (χ1) is 7.00. The van der Waals surface area contributed by atoms with Crippen molar-refractivity contribution in [3.63, 3.8) is 0 Å². The zero-order valence-electron chi connectivity index (χ0n) is 7.86. The van der Waals surface area contributed by atoms with Crippen molar-refractivity contribution in [2.45, 2.75) is 6.92 Å². The van der Waals surface area contributed by atoms with Crippen molar-refractivity contribution in [1.82, 2.24) is 4.98 Å². The van der Waals surface area contributed by atoms with Crippen LogP contribution in [0, 0.1) is 10.1 Å². The van der Waals surface area contributed by atoms with Crippen molar-refractivity contribution < 1.29 is 9.72 Å². The summed E-state index contributed by atoms with van der Waals surface area (Å²) < 4.78 is 0.516. The summed E-state index contributed by atoms with van der Waals surface area (Å²) in [6, 6.07) is 1.33. The van der Waals surface area contributed by atoms with Crippen molar-refractivity contribution >= 4 is 33.2 Å². The van der Waals surface area contributed by atoms with Crippen LogP contribution in [0.15, 0.2) is 16.7 Å². The molecule has 1 aromatic rings. The van der Waals surface area contributed by atoms with E-state index in [1.807, 2.05) is 0 Å². The molecular formula is C8H8BrN3O3. The number of rotatable bonds is 4. The second-order valence-electron chi connectivity index (χ2n) is 2.83. The molecule has 0 unspecified atom stereocenters. The Kier molecular flexibility index (Phi) is 3.73. The van der Waals surface area contributed by atoms with E-state index < -0.39 is 4.92 Å². The van der Waals surface area contributed by atoms with Crippen LogP contribution in [0.4, 0.5) is 11.5 Å². The van der Waals surface area contributed by atoms with E-state index in [4.69, 9.17) is 0 Å². The lowest BCUT2D eigenvalue weighted by Crippen LogP contribution is -2.12. The van der Waals surface area contributed by atoms with Gasteiger partial charge in [0.15, 0.2) is 0 Å². The predicted molar refractivity (Wildman–Crippen MR) is 57.8 cm³/mol. The van der Waals surface area contributed by atoms with Crippen molar-refractivity contribution in [2.75, 3.05) is 11.9 Å². The predicted octanol–water partition coefficient (Wildman–Crippen LogP) is 1.75. The largest absolute Gasteiger partial charge is 0.357 e. The van der Waals surface area contributed by atoms with E-state index in [2.05, 4.69) is 26.2 Å². The molecule has 0 aliphatic heterocycles. The number of carbonyl (C=O) groups excluding carboxylic acids is 1. The Balaban J connectivity index is 2.95. The minimum atomic E-state index is -0.555. The van der Waals surface area contributed by atoms with Gasteiger partial charge in [0.25, 0.3) is 0 Å². The van der Waals surface area contributed by atoms with Crippen molar-refractivity contribution in [3.05, 3.63) is 26.9 Å². The molecular weight excluding hydrogens is 266 g/mol. The Morgan fingerprint density at radius 1 is 1.73 bits per heavy atom. The summed E-state index contributed by atoms with van der Waals surface area (Å²) in [5.41, 5.74) is -0.161. The van der Waals surface area contributed by atoms with Gasteiger partial charge < -0.3 is 5.32 Å². The Bertz CT molecular complexity index is 408. The highest BCUT2D eigenvalue weighted by molar-refractivity contribution is 9.10. The molecule has 0 fully saturated rings. The average Bonchev–Trinajstić information content (AvgIpc) is 2.15. The molecule has 1 heterocycles. The zero-order chi connectivity index (χ0) is 11.4. The molecule has 1 aromatic heterocycles. The number of Topliss-reactive ketones (excluding diaryl/α,β-unsaturated/α-hetero) is 1. The third-order valence-corrected chi connectivity index (χ3v) is 1.97. The van der Waals surface area contributed by atoms with Gasteiger partial charge in [-0.2, -0.15) is 0 Å². The van der Waals surface area contributed by atoms with Crippen LogP contribution in [0.2, 0.25) is 0 Å². The lowest BCUT2D eigenvalue weighted by molar-refractivity contribution is -0.384. The fraction of sp³-hybridized carbons (Fsp3) is 0.250. The van der Waals surface area contributed by atoms with E-state index >= 15 is 0 Å². The van der Waals surface area contributed by atoms with Gasteiger partial charge in [-0.3, -0.25) is 14.9 Å². The second kappa shape index (κ2) is 4.83. The van der Waals surface area contributed by atoms with E-state index in [-0.39, 0.29) is 23.8 Å². The molecule has 6 nitrogen and oxygen atoms in total. The first-order valence-electron chi connectivity index (χ1n) is 4.04. The third kappa shape index (κ3) is 3.28. The van der Waals surface area contributed by atoms with Crippen LogP contribution in [0.25, 0.3) is 0 Å². The minimum Gasteiger partial charge on any atom is -0.357 e. The van der Waals surface area contributed by atoms with E-state index in [9.17, 15) is 14.9 Å². The summed E-state index contributed by atoms with van der Waals surface area (Å²) in [5, 5.41) is 13.2. The molecule has 0 saturated carbocycles. The number of halogens is 1. The summed E-state index contributed by atoms with van der Waals surface area (Å²) in [4.78, 5) is 24.6. The molecule has 0 radical (unpaired) electrons. The fourth-order valence-electron chi connectivity index (χ4n) is 0.912. The van der Waals surface area contributed by atoms with Gasteiger partial charge >= 0.3 is 5.69 Å². The highest BCUT2D eigenvalue weighted by atomic mass is 79.9. The molecule has 7 heteroatoms. The standard InChI is InChI=1S/C8H8BrN3O3/c1-5(13)3-10-8-7(12(14)15)2-6(9)4-11-8/h2,4H,3H2,1H3,(H,10,11). The lowest BCUT2D eigenvalue weighted by atomic mass is 10.3. The Morgan fingerprint density at radius 3 is 2.93 bits per heavy atom. The van der Waals surface area contributed by atoms with Crippen LogP contribution < -0.4 is 5.32 Å². The molecule has 15 heavy (non-hydrogen) atoms. The highest BCUT2D eigenvalue weighted by Gasteiger charge is 2.15. The van der Waals surface area contributed by atoms with Crippen LogP contribution in [-0.4, -0.2) is 22.2 Å². The molecule has 0 spiro atoms. The number of ketones is 1. The lowest BCUT2D eigenvalue weighted by Gasteiger charge is -2.03. The molecule has 0 aliphatic carbocycles. The quantitative estimate of drug-likeness (QED) is 0.667. The van der Waals surface area contributed by atoms with Crippen LogP contribution in [-0.2, 0) is 4.79 Å². The fourth-order valence-corrected chi connectivity index (χ4v) is 1.23. The molecule has 0 aliphatic rings. The topological polar surface area (TPSA) is 85.1 Å². The molecule has 0 saturated heterocycles. The van der Waals surface area contributed by atoms with E-state index in [0.29, 0.717) is 4.47 Å².